The number of hydrogen-bond donors (Lipinski definition) is 1. The maximum atomic E-state index is 5.94. The second-order valence-electron chi connectivity index (χ2n) is 6.64. The van der Waals surface area contributed by atoms with Crippen molar-refractivity contribution in [1.29, 1.82) is 0 Å². The van der Waals surface area contributed by atoms with Crippen LogP contribution >= 0.6 is 12.4 Å². The van der Waals surface area contributed by atoms with Gasteiger partial charge in [0.25, 0.3) is 0 Å². The van der Waals surface area contributed by atoms with Crippen molar-refractivity contribution in [3.63, 3.8) is 0 Å². The van der Waals surface area contributed by atoms with Gasteiger partial charge in [-0.1, -0.05) is 61.2 Å². The summed E-state index contributed by atoms with van der Waals surface area (Å²) in [6.07, 6.45) is 6.79. The monoisotopic (exact) mass is 345 g/mol. The van der Waals surface area contributed by atoms with Crippen LogP contribution in [-0.4, -0.2) is 6.04 Å². The molecule has 1 aliphatic rings. The molecule has 0 heterocycles. The zero-order valence-electron chi connectivity index (χ0n) is 14.5. The molecule has 0 saturated heterocycles. The van der Waals surface area contributed by atoms with E-state index in [4.69, 9.17) is 4.74 Å². The molecule has 0 aliphatic heterocycles. The maximum Gasteiger partial charge on any atom is 0.120 e. The highest BCUT2D eigenvalue weighted by Crippen LogP contribution is 2.19. The van der Waals surface area contributed by atoms with E-state index >= 15 is 0 Å². The van der Waals surface area contributed by atoms with Gasteiger partial charge in [-0.15, -0.1) is 12.4 Å². The van der Waals surface area contributed by atoms with Gasteiger partial charge in [0, 0.05) is 12.6 Å². The molecule has 0 radical (unpaired) electrons. The topological polar surface area (TPSA) is 21.3 Å². The minimum Gasteiger partial charge on any atom is -0.489 e. The molecule has 1 aliphatic carbocycles. The molecule has 24 heavy (non-hydrogen) atoms. The van der Waals surface area contributed by atoms with E-state index in [9.17, 15) is 0 Å². The molecule has 1 fully saturated rings. The predicted molar refractivity (Wildman–Crippen MR) is 103 cm³/mol. The Kier molecular flexibility index (Phi) is 7.61. The van der Waals surface area contributed by atoms with Crippen LogP contribution < -0.4 is 10.1 Å². The van der Waals surface area contributed by atoms with Crippen LogP contribution in [0.5, 0.6) is 5.75 Å². The van der Waals surface area contributed by atoms with E-state index in [0.29, 0.717) is 12.6 Å². The first-order valence-corrected chi connectivity index (χ1v) is 8.80. The van der Waals surface area contributed by atoms with Crippen molar-refractivity contribution in [2.75, 3.05) is 0 Å². The Morgan fingerprint density at radius 3 is 2.46 bits per heavy atom. The van der Waals surface area contributed by atoms with E-state index < -0.39 is 0 Å². The van der Waals surface area contributed by atoms with Crippen molar-refractivity contribution in [3.05, 3.63) is 65.2 Å². The van der Waals surface area contributed by atoms with Crippen molar-refractivity contribution >= 4 is 12.4 Å². The molecule has 0 unspecified atom stereocenters. The number of ether oxygens (including phenoxy) is 1. The van der Waals surface area contributed by atoms with Gasteiger partial charge in [0.2, 0.25) is 0 Å². The lowest BCUT2D eigenvalue weighted by molar-refractivity contribution is 0.305. The number of benzene rings is 2. The summed E-state index contributed by atoms with van der Waals surface area (Å²) in [4.78, 5) is 0. The molecule has 0 spiro atoms. The average Bonchev–Trinajstić information content (AvgIpc) is 2.61. The highest BCUT2D eigenvalue weighted by atomic mass is 35.5. The first-order chi connectivity index (χ1) is 11.3. The van der Waals surface area contributed by atoms with E-state index in [1.54, 1.807) is 0 Å². The molecule has 1 N–H and O–H groups in total. The highest BCUT2D eigenvalue weighted by Gasteiger charge is 2.12. The van der Waals surface area contributed by atoms with Crippen LogP contribution in [0.1, 0.15) is 48.8 Å². The van der Waals surface area contributed by atoms with Gasteiger partial charge >= 0.3 is 0 Å². The number of halogens is 1. The van der Waals surface area contributed by atoms with Crippen LogP contribution in [0.4, 0.5) is 0 Å². The molecule has 0 atom stereocenters. The molecule has 3 rings (SSSR count). The predicted octanol–water partition coefficient (Wildman–Crippen LogP) is 5.42. The normalized spacial score (nSPS) is 14.9. The lowest BCUT2D eigenvalue weighted by atomic mass is 9.95. The molecule has 2 aromatic rings. The van der Waals surface area contributed by atoms with Crippen molar-refractivity contribution in [2.24, 2.45) is 0 Å². The Labute approximate surface area is 152 Å². The largest absolute Gasteiger partial charge is 0.489 e. The highest BCUT2D eigenvalue weighted by molar-refractivity contribution is 5.85. The van der Waals surface area contributed by atoms with E-state index in [1.165, 1.54) is 48.8 Å². The lowest BCUT2D eigenvalue weighted by Crippen LogP contribution is -2.30. The fraction of sp³-hybridized carbons (Fsp3) is 0.429. The summed E-state index contributed by atoms with van der Waals surface area (Å²) in [6, 6.07) is 17.7. The summed E-state index contributed by atoms with van der Waals surface area (Å²) in [5, 5.41) is 3.69. The molecular weight excluding hydrogens is 318 g/mol. The van der Waals surface area contributed by atoms with Gasteiger partial charge in [-0.05, 0) is 43.0 Å². The van der Waals surface area contributed by atoms with Gasteiger partial charge in [-0.2, -0.15) is 0 Å². The fourth-order valence-corrected chi connectivity index (χ4v) is 3.17. The van der Waals surface area contributed by atoms with E-state index in [-0.39, 0.29) is 12.4 Å². The molecule has 130 valence electrons. The third kappa shape index (κ3) is 5.85. The second-order valence-corrected chi connectivity index (χ2v) is 6.64. The summed E-state index contributed by atoms with van der Waals surface area (Å²) < 4.78 is 5.94. The fourth-order valence-electron chi connectivity index (χ4n) is 3.17. The number of hydrogen-bond acceptors (Lipinski definition) is 2. The molecule has 2 aromatic carbocycles. The molecule has 3 heteroatoms. The second kappa shape index (κ2) is 9.71. The van der Waals surface area contributed by atoms with Crippen LogP contribution in [0.3, 0.4) is 0 Å². The van der Waals surface area contributed by atoms with Gasteiger partial charge in [-0.3, -0.25) is 0 Å². The summed E-state index contributed by atoms with van der Waals surface area (Å²) in [5.41, 5.74) is 3.79. The molecule has 0 amide bonds. The number of rotatable bonds is 6. The van der Waals surface area contributed by atoms with Crippen LogP contribution in [0, 0.1) is 6.92 Å². The smallest absolute Gasteiger partial charge is 0.120 e. The minimum absolute atomic E-state index is 0. The molecule has 2 nitrogen and oxygen atoms in total. The van der Waals surface area contributed by atoms with E-state index in [2.05, 4.69) is 54.7 Å². The van der Waals surface area contributed by atoms with Crippen molar-refractivity contribution in [2.45, 2.75) is 58.2 Å². The number of nitrogens with one attached hydrogen (secondary N) is 1. The summed E-state index contributed by atoms with van der Waals surface area (Å²) >= 11 is 0. The van der Waals surface area contributed by atoms with Crippen LogP contribution in [-0.2, 0) is 13.2 Å². The third-order valence-corrected chi connectivity index (χ3v) is 4.62. The Hall–Kier alpha value is -1.51. The van der Waals surface area contributed by atoms with Gasteiger partial charge < -0.3 is 10.1 Å². The quantitative estimate of drug-likeness (QED) is 0.754. The summed E-state index contributed by atoms with van der Waals surface area (Å²) in [6.45, 7) is 3.67. The molecule has 0 aromatic heterocycles. The lowest BCUT2D eigenvalue weighted by Gasteiger charge is -2.23. The first kappa shape index (κ1) is 18.8. The molecular formula is C21H28ClNO. The van der Waals surface area contributed by atoms with Gasteiger partial charge in [0.15, 0.2) is 0 Å². The van der Waals surface area contributed by atoms with Crippen LogP contribution in [0.15, 0.2) is 48.5 Å². The average molecular weight is 346 g/mol. The Balaban J connectivity index is 0.00000208. The van der Waals surface area contributed by atoms with Crippen molar-refractivity contribution in [1.82, 2.24) is 5.32 Å². The Morgan fingerprint density at radius 2 is 1.71 bits per heavy atom. The Morgan fingerprint density at radius 1 is 0.958 bits per heavy atom. The number of aryl methyl sites for hydroxylation is 1. The van der Waals surface area contributed by atoms with Crippen molar-refractivity contribution in [3.8, 4) is 5.75 Å². The maximum absolute atomic E-state index is 5.94. The van der Waals surface area contributed by atoms with Gasteiger partial charge in [0.1, 0.15) is 12.4 Å². The Bertz CT molecular complexity index is 605. The first-order valence-electron chi connectivity index (χ1n) is 8.80. The zero-order chi connectivity index (χ0) is 15.9. The van der Waals surface area contributed by atoms with E-state index in [0.717, 1.165) is 12.3 Å². The minimum atomic E-state index is 0. The van der Waals surface area contributed by atoms with Crippen LogP contribution in [0.2, 0.25) is 0 Å². The van der Waals surface area contributed by atoms with Crippen LogP contribution in [0.25, 0.3) is 0 Å². The van der Waals surface area contributed by atoms with Crippen molar-refractivity contribution < 1.29 is 4.74 Å². The molecule has 1 saturated carbocycles. The van der Waals surface area contributed by atoms with Gasteiger partial charge in [0.05, 0.1) is 0 Å². The van der Waals surface area contributed by atoms with Gasteiger partial charge in [-0.25, -0.2) is 0 Å². The summed E-state index contributed by atoms with van der Waals surface area (Å²) in [5.74, 6) is 0.952. The molecule has 0 bridgehead atoms. The summed E-state index contributed by atoms with van der Waals surface area (Å²) in [7, 11) is 0. The SMILES string of the molecule is Cc1ccc(COc2cccc(CNC3CCCCC3)c2)cc1.Cl. The standard InChI is InChI=1S/C21H27NO.ClH/c1-17-10-12-18(13-11-17)16-23-21-9-5-6-19(14-21)15-22-20-7-3-2-4-8-20;/h5-6,9-14,20,22H,2-4,7-8,15-16H2,1H3;1H. The zero-order valence-corrected chi connectivity index (χ0v) is 15.3. The third-order valence-electron chi connectivity index (χ3n) is 4.62. The van der Waals surface area contributed by atoms with E-state index in [1.807, 2.05) is 6.07 Å².